The van der Waals surface area contributed by atoms with Gasteiger partial charge in [0.15, 0.2) is 5.16 Å². The Bertz CT molecular complexity index is 753. The smallest absolute Gasteiger partial charge is 0.271 e. The van der Waals surface area contributed by atoms with Crippen molar-refractivity contribution in [1.29, 1.82) is 0 Å². The lowest BCUT2D eigenvalue weighted by molar-refractivity contribution is 0.0954. The Balaban J connectivity index is 1.53. The van der Waals surface area contributed by atoms with Gasteiger partial charge in [-0.1, -0.05) is 30.8 Å². The zero-order valence-electron chi connectivity index (χ0n) is 14.6. The molecule has 0 aliphatic heterocycles. The van der Waals surface area contributed by atoms with Crippen molar-refractivity contribution in [2.24, 2.45) is 18.1 Å². The molecule has 1 aromatic heterocycles. The molecule has 1 N–H and O–H groups in total. The number of aromatic nitrogens is 3. The number of amides is 1. The molecule has 1 heterocycles. The van der Waals surface area contributed by atoms with Crippen LogP contribution in [0.25, 0.3) is 0 Å². The number of aryl methyl sites for hydroxylation is 1. The molecule has 7 heteroatoms. The predicted molar refractivity (Wildman–Crippen MR) is 99.5 cm³/mol. The molecular formula is C18H23N5OS. The largest absolute Gasteiger partial charge is 0.312 e. The van der Waals surface area contributed by atoms with Gasteiger partial charge in [-0.05, 0) is 49.3 Å². The molecule has 0 radical (unpaired) electrons. The SMILES string of the molecule is C[C@@H]1CCC/C(=N\NC(=O)c2ccc(CSc3nncn3C)cc2)C1. The molecule has 2 aromatic rings. The minimum Gasteiger partial charge on any atom is -0.312 e. The van der Waals surface area contributed by atoms with Gasteiger partial charge in [-0.3, -0.25) is 4.79 Å². The molecule has 1 fully saturated rings. The number of benzene rings is 1. The van der Waals surface area contributed by atoms with Crippen LogP contribution >= 0.6 is 11.8 Å². The van der Waals surface area contributed by atoms with Crippen molar-refractivity contribution in [3.63, 3.8) is 0 Å². The van der Waals surface area contributed by atoms with Crippen LogP contribution in [0.1, 0.15) is 48.5 Å². The molecule has 0 saturated heterocycles. The Morgan fingerprint density at radius 2 is 2.20 bits per heavy atom. The molecule has 1 amide bonds. The van der Waals surface area contributed by atoms with E-state index in [0.29, 0.717) is 11.5 Å². The first kappa shape index (κ1) is 17.7. The summed E-state index contributed by atoms with van der Waals surface area (Å²) in [4.78, 5) is 12.2. The van der Waals surface area contributed by atoms with Crippen molar-refractivity contribution in [2.75, 3.05) is 0 Å². The van der Waals surface area contributed by atoms with Crippen molar-refractivity contribution < 1.29 is 4.79 Å². The second kappa shape index (κ2) is 8.29. The van der Waals surface area contributed by atoms with Crippen molar-refractivity contribution in [3.8, 4) is 0 Å². The molecule has 6 nitrogen and oxygen atoms in total. The van der Waals surface area contributed by atoms with E-state index in [-0.39, 0.29) is 5.91 Å². The molecule has 0 unspecified atom stereocenters. The number of hydrogen-bond donors (Lipinski definition) is 1. The average molecular weight is 357 g/mol. The molecule has 1 aliphatic rings. The van der Waals surface area contributed by atoms with Gasteiger partial charge in [0.1, 0.15) is 6.33 Å². The Morgan fingerprint density at radius 1 is 1.40 bits per heavy atom. The van der Waals surface area contributed by atoms with Crippen molar-refractivity contribution in [3.05, 3.63) is 41.7 Å². The fourth-order valence-corrected chi connectivity index (χ4v) is 3.70. The normalized spacial score (nSPS) is 19.1. The number of thioether (sulfide) groups is 1. The first-order valence-electron chi connectivity index (χ1n) is 8.53. The number of rotatable bonds is 5. The summed E-state index contributed by atoms with van der Waals surface area (Å²) in [5.74, 6) is 1.29. The van der Waals surface area contributed by atoms with E-state index in [2.05, 4.69) is 27.6 Å². The molecule has 3 rings (SSSR count). The zero-order chi connectivity index (χ0) is 17.6. The highest BCUT2D eigenvalue weighted by Crippen LogP contribution is 2.21. The van der Waals surface area contributed by atoms with Crippen molar-refractivity contribution in [2.45, 2.75) is 43.5 Å². The summed E-state index contributed by atoms with van der Waals surface area (Å²) in [7, 11) is 1.92. The van der Waals surface area contributed by atoms with E-state index < -0.39 is 0 Å². The van der Waals surface area contributed by atoms with Gasteiger partial charge in [0.25, 0.3) is 5.91 Å². The highest BCUT2D eigenvalue weighted by atomic mass is 32.2. The van der Waals surface area contributed by atoms with Gasteiger partial charge in [0.05, 0.1) is 0 Å². The molecule has 1 aromatic carbocycles. The lowest BCUT2D eigenvalue weighted by atomic mass is 9.89. The lowest BCUT2D eigenvalue weighted by Gasteiger charge is -2.18. The Morgan fingerprint density at radius 3 is 2.88 bits per heavy atom. The molecule has 132 valence electrons. The first-order chi connectivity index (χ1) is 12.1. The fraction of sp³-hybridized carbons (Fsp3) is 0.444. The van der Waals surface area contributed by atoms with Crippen LogP contribution in [0.5, 0.6) is 0 Å². The van der Waals surface area contributed by atoms with Gasteiger partial charge in [-0.2, -0.15) is 5.10 Å². The summed E-state index contributed by atoms with van der Waals surface area (Å²) >= 11 is 1.62. The molecule has 0 bridgehead atoms. The van der Waals surface area contributed by atoms with Gasteiger partial charge in [-0.15, -0.1) is 10.2 Å². The number of hydrogen-bond acceptors (Lipinski definition) is 5. The van der Waals surface area contributed by atoms with E-state index in [1.807, 2.05) is 35.9 Å². The van der Waals surface area contributed by atoms with Crippen LogP contribution in [0.2, 0.25) is 0 Å². The average Bonchev–Trinajstić information content (AvgIpc) is 3.03. The third-order valence-electron chi connectivity index (χ3n) is 4.32. The summed E-state index contributed by atoms with van der Waals surface area (Å²) in [6.45, 7) is 2.23. The second-order valence-electron chi connectivity index (χ2n) is 6.53. The van der Waals surface area contributed by atoms with E-state index >= 15 is 0 Å². The zero-order valence-corrected chi connectivity index (χ0v) is 15.4. The predicted octanol–water partition coefficient (Wildman–Crippen LogP) is 3.40. The van der Waals surface area contributed by atoms with Crippen LogP contribution in [0.4, 0.5) is 0 Å². The lowest BCUT2D eigenvalue weighted by Crippen LogP contribution is -2.22. The summed E-state index contributed by atoms with van der Waals surface area (Å²) < 4.78 is 1.89. The number of nitrogens with one attached hydrogen (secondary N) is 1. The van der Waals surface area contributed by atoms with Crippen LogP contribution in [0.15, 0.2) is 40.9 Å². The molecule has 0 spiro atoms. The van der Waals surface area contributed by atoms with Gasteiger partial charge in [0.2, 0.25) is 0 Å². The molecular weight excluding hydrogens is 334 g/mol. The number of nitrogens with zero attached hydrogens (tertiary/aromatic N) is 4. The summed E-state index contributed by atoms with van der Waals surface area (Å²) in [6.07, 6.45) is 6.07. The maximum absolute atomic E-state index is 12.2. The van der Waals surface area contributed by atoms with Crippen LogP contribution in [-0.2, 0) is 12.8 Å². The summed E-state index contributed by atoms with van der Waals surface area (Å²) in [6, 6.07) is 7.61. The molecule has 1 atom stereocenters. The molecule has 1 aliphatic carbocycles. The molecule has 25 heavy (non-hydrogen) atoms. The number of carbonyl (C=O) groups is 1. The van der Waals surface area contributed by atoms with Crippen molar-refractivity contribution in [1.82, 2.24) is 20.2 Å². The standard InChI is InChI=1S/C18H23N5OS/c1-13-4-3-5-16(10-13)20-21-17(24)15-8-6-14(7-9-15)11-25-18-22-19-12-23(18)2/h6-9,12-13H,3-5,10-11H2,1-2H3,(H,21,24)/b20-16+/t13-/m1/s1. The third kappa shape index (κ3) is 4.92. The van der Waals surface area contributed by atoms with Crippen LogP contribution in [0, 0.1) is 5.92 Å². The van der Waals surface area contributed by atoms with Crippen molar-refractivity contribution >= 4 is 23.4 Å². The quantitative estimate of drug-likeness (QED) is 0.657. The minimum absolute atomic E-state index is 0.154. The first-order valence-corrected chi connectivity index (χ1v) is 9.52. The van der Waals surface area contributed by atoms with Gasteiger partial charge < -0.3 is 4.57 Å². The van der Waals surface area contributed by atoms with Crippen LogP contribution in [0.3, 0.4) is 0 Å². The minimum atomic E-state index is -0.154. The topological polar surface area (TPSA) is 72.2 Å². The van der Waals surface area contributed by atoms with Crippen LogP contribution < -0.4 is 5.43 Å². The van der Waals surface area contributed by atoms with E-state index in [9.17, 15) is 4.79 Å². The van der Waals surface area contributed by atoms with E-state index in [4.69, 9.17) is 0 Å². The van der Waals surface area contributed by atoms with Gasteiger partial charge in [-0.25, -0.2) is 5.43 Å². The van der Waals surface area contributed by atoms with Gasteiger partial charge >= 0.3 is 0 Å². The Hall–Kier alpha value is -2.15. The third-order valence-corrected chi connectivity index (χ3v) is 5.42. The Labute approximate surface area is 152 Å². The second-order valence-corrected chi connectivity index (χ2v) is 7.47. The summed E-state index contributed by atoms with van der Waals surface area (Å²) in [5.41, 5.74) is 5.56. The monoisotopic (exact) mass is 357 g/mol. The van der Waals surface area contributed by atoms with Gasteiger partial charge in [0, 0.05) is 24.1 Å². The number of hydrazone groups is 1. The van der Waals surface area contributed by atoms with E-state index in [0.717, 1.165) is 41.4 Å². The number of carbonyl (C=O) groups excluding carboxylic acids is 1. The highest BCUT2D eigenvalue weighted by molar-refractivity contribution is 7.98. The molecule has 1 saturated carbocycles. The Kier molecular flexibility index (Phi) is 5.86. The van der Waals surface area contributed by atoms with E-state index in [1.165, 1.54) is 6.42 Å². The highest BCUT2D eigenvalue weighted by Gasteiger charge is 2.14. The fourth-order valence-electron chi connectivity index (χ4n) is 2.86. The maximum atomic E-state index is 12.2. The maximum Gasteiger partial charge on any atom is 0.271 e. The van der Waals surface area contributed by atoms with Crippen LogP contribution in [-0.4, -0.2) is 26.4 Å². The van der Waals surface area contributed by atoms with E-state index in [1.54, 1.807) is 18.1 Å². The summed E-state index contributed by atoms with van der Waals surface area (Å²) in [5, 5.41) is 13.1.